The number of piperidine rings is 2. The Balaban J connectivity index is 1.48. The lowest BCUT2D eigenvalue weighted by Crippen LogP contribution is -2.56. The summed E-state index contributed by atoms with van der Waals surface area (Å²) in [5.41, 5.74) is 1.17. The fourth-order valence-electron chi connectivity index (χ4n) is 3.50. The van der Waals surface area contributed by atoms with E-state index in [0.29, 0.717) is 19.0 Å². The first-order valence-electron chi connectivity index (χ1n) is 8.05. The third-order valence-electron chi connectivity index (χ3n) is 4.82. The number of pyridine rings is 1. The van der Waals surface area contributed by atoms with Gasteiger partial charge in [-0.25, -0.2) is 0 Å². The zero-order valence-corrected chi connectivity index (χ0v) is 12.8. The molecule has 3 heterocycles. The summed E-state index contributed by atoms with van der Waals surface area (Å²) in [6.07, 6.45) is 3.18. The lowest BCUT2D eigenvalue weighted by atomic mass is 9.94. The van der Waals surface area contributed by atoms with Gasteiger partial charge < -0.3 is 20.2 Å². The van der Waals surface area contributed by atoms with Crippen LogP contribution in [0.1, 0.15) is 12.8 Å². The molecule has 3 atom stereocenters. The summed E-state index contributed by atoms with van der Waals surface area (Å²) in [4.78, 5) is 8.60. The van der Waals surface area contributed by atoms with E-state index in [9.17, 15) is 15.3 Å². The molecule has 6 nitrogen and oxygen atoms in total. The molecule has 1 aromatic rings. The normalized spacial score (nSPS) is 31.4. The number of β-amino-alcohol motifs (C(OH)–C–C–N with tert-alkyl or cyclic N) is 2. The molecule has 22 heavy (non-hydrogen) atoms. The van der Waals surface area contributed by atoms with Gasteiger partial charge in [0.25, 0.3) is 0 Å². The largest absolute Gasteiger partial charge is 0.389 e. The fourth-order valence-corrected chi connectivity index (χ4v) is 3.50. The van der Waals surface area contributed by atoms with Crippen LogP contribution in [0.4, 0.5) is 5.69 Å². The molecule has 2 fully saturated rings. The van der Waals surface area contributed by atoms with Gasteiger partial charge in [0, 0.05) is 38.9 Å². The van der Waals surface area contributed by atoms with E-state index in [0.717, 1.165) is 32.5 Å². The first-order valence-corrected chi connectivity index (χ1v) is 8.05. The number of likely N-dealkylation sites (tertiary alicyclic amines) is 1. The van der Waals surface area contributed by atoms with E-state index in [1.807, 2.05) is 12.3 Å². The molecule has 0 spiro atoms. The Morgan fingerprint density at radius 2 is 1.77 bits per heavy atom. The SMILES string of the molecule is O[C@H]1[C@H](O)CN(CC2CCN(c3cccnc3)CC2)C[C@@H]1O. The molecule has 122 valence electrons. The molecule has 0 aromatic carbocycles. The number of aliphatic hydroxyl groups is 3. The predicted molar refractivity (Wildman–Crippen MR) is 83.6 cm³/mol. The summed E-state index contributed by atoms with van der Waals surface area (Å²) in [6, 6.07) is 4.05. The van der Waals surface area contributed by atoms with E-state index in [1.54, 1.807) is 6.20 Å². The van der Waals surface area contributed by atoms with Crippen molar-refractivity contribution in [1.29, 1.82) is 0 Å². The summed E-state index contributed by atoms with van der Waals surface area (Å²) in [7, 11) is 0. The van der Waals surface area contributed by atoms with Gasteiger partial charge in [-0.15, -0.1) is 0 Å². The van der Waals surface area contributed by atoms with Crippen molar-refractivity contribution in [1.82, 2.24) is 9.88 Å². The zero-order chi connectivity index (χ0) is 15.5. The topological polar surface area (TPSA) is 80.1 Å². The molecule has 0 radical (unpaired) electrons. The van der Waals surface area contributed by atoms with Crippen molar-refractivity contribution in [2.75, 3.05) is 37.6 Å². The summed E-state index contributed by atoms with van der Waals surface area (Å²) >= 11 is 0. The highest BCUT2D eigenvalue weighted by Gasteiger charge is 2.34. The van der Waals surface area contributed by atoms with Crippen LogP contribution in [-0.2, 0) is 0 Å². The van der Waals surface area contributed by atoms with Crippen molar-refractivity contribution in [2.45, 2.75) is 31.2 Å². The smallest absolute Gasteiger partial charge is 0.108 e. The van der Waals surface area contributed by atoms with E-state index in [1.165, 1.54) is 5.69 Å². The van der Waals surface area contributed by atoms with Gasteiger partial charge in [-0.05, 0) is 30.9 Å². The van der Waals surface area contributed by atoms with Crippen LogP contribution < -0.4 is 4.90 Å². The minimum atomic E-state index is -1.01. The van der Waals surface area contributed by atoms with Crippen molar-refractivity contribution in [3.8, 4) is 0 Å². The Kier molecular flexibility index (Phi) is 4.93. The highest BCUT2D eigenvalue weighted by molar-refractivity contribution is 5.43. The van der Waals surface area contributed by atoms with Gasteiger partial charge in [-0.2, -0.15) is 0 Å². The minimum Gasteiger partial charge on any atom is -0.389 e. The number of aromatic nitrogens is 1. The van der Waals surface area contributed by atoms with Crippen LogP contribution in [0.2, 0.25) is 0 Å². The molecule has 0 aliphatic carbocycles. The molecule has 2 saturated heterocycles. The van der Waals surface area contributed by atoms with Crippen LogP contribution >= 0.6 is 0 Å². The van der Waals surface area contributed by atoms with Crippen LogP contribution in [0.15, 0.2) is 24.5 Å². The third-order valence-corrected chi connectivity index (χ3v) is 4.82. The number of hydrogen-bond donors (Lipinski definition) is 3. The monoisotopic (exact) mass is 307 g/mol. The second kappa shape index (κ2) is 6.91. The van der Waals surface area contributed by atoms with Crippen LogP contribution in [0.25, 0.3) is 0 Å². The van der Waals surface area contributed by atoms with Gasteiger partial charge in [-0.3, -0.25) is 9.88 Å². The molecule has 1 aromatic heterocycles. The first-order chi connectivity index (χ1) is 10.6. The summed E-state index contributed by atoms with van der Waals surface area (Å²) in [6.45, 7) is 3.79. The molecule has 2 aliphatic rings. The molecule has 3 N–H and O–H groups in total. The number of rotatable bonds is 3. The lowest BCUT2D eigenvalue weighted by molar-refractivity contribution is -0.112. The number of aliphatic hydroxyl groups excluding tert-OH is 3. The molecular formula is C16H25N3O3. The highest BCUT2D eigenvalue weighted by Crippen LogP contribution is 2.24. The van der Waals surface area contributed by atoms with E-state index in [-0.39, 0.29) is 0 Å². The standard InChI is InChI=1S/C16H25N3O3/c20-14-10-18(11-15(21)16(14)22)9-12-3-6-19(7-4-12)13-2-1-5-17-8-13/h1-2,5,8,12,14-16,20-22H,3-4,6-7,9-11H2/t14-,15+,16+. The average molecular weight is 307 g/mol. The molecule has 0 bridgehead atoms. The van der Waals surface area contributed by atoms with Crippen molar-refractivity contribution < 1.29 is 15.3 Å². The van der Waals surface area contributed by atoms with Crippen LogP contribution in [-0.4, -0.2) is 76.2 Å². The Morgan fingerprint density at radius 3 is 2.36 bits per heavy atom. The molecule has 0 amide bonds. The van der Waals surface area contributed by atoms with Crippen LogP contribution in [0, 0.1) is 5.92 Å². The third kappa shape index (κ3) is 3.57. The second-order valence-electron chi connectivity index (χ2n) is 6.49. The van der Waals surface area contributed by atoms with Crippen molar-refractivity contribution in [2.24, 2.45) is 5.92 Å². The van der Waals surface area contributed by atoms with E-state index in [2.05, 4.69) is 20.9 Å². The zero-order valence-electron chi connectivity index (χ0n) is 12.8. The van der Waals surface area contributed by atoms with Crippen LogP contribution in [0.3, 0.4) is 0 Å². The van der Waals surface area contributed by atoms with Gasteiger partial charge in [0.05, 0.1) is 24.1 Å². The van der Waals surface area contributed by atoms with Gasteiger partial charge in [-0.1, -0.05) is 0 Å². The second-order valence-corrected chi connectivity index (χ2v) is 6.49. The van der Waals surface area contributed by atoms with Crippen LogP contribution in [0.5, 0.6) is 0 Å². The summed E-state index contributed by atoms with van der Waals surface area (Å²) in [5, 5.41) is 29.1. The summed E-state index contributed by atoms with van der Waals surface area (Å²) in [5.74, 6) is 0.572. The number of hydrogen-bond acceptors (Lipinski definition) is 6. The number of nitrogens with zero attached hydrogens (tertiary/aromatic N) is 3. The fraction of sp³-hybridized carbons (Fsp3) is 0.688. The quantitative estimate of drug-likeness (QED) is 0.711. The minimum absolute atomic E-state index is 0.445. The van der Waals surface area contributed by atoms with E-state index in [4.69, 9.17) is 0 Å². The Labute approximate surface area is 131 Å². The Hall–Kier alpha value is -1.21. The number of anilines is 1. The van der Waals surface area contributed by atoms with Gasteiger partial charge in [0.15, 0.2) is 0 Å². The van der Waals surface area contributed by atoms with E-state index >= 15 is 0 Å². The van der Waals surface area contributed by atoms with Crippen molar-refractivity contribution in [3.05, 3.63) is 24.5 Å². The highest BCUT2D eigenvalue weighted by atomic mass is 16.4. The molecule has 0 saturated carbocycles. The summed E-state index contributed by atoms with van der Waals surface area (Å²) < 4.78 is 0. The van der Waals surface area contributed by atoms with Crippen molar-refractivity contribution >= 4 is 5.69 Å². The maximum atomic E-state index is 9.77. The maximum Gasteiger partial charge on any atom is 0.108 e. The Bertz CT molecular complexity index is 453. The molecule has 6 heteroatoms. The molecule has 2 aliphatic heterocycles. The lowest BCUT2D eigenvalue weighted by Gasteiger charge is -2.40. The maximum absolute atomic E-state index is 9.77. The van der Waals surface area contributed by atoms with E-state index < -0.39 is 18.3 Å². The van der Waals surface area contributed by atoms with Gasteiger partial charge >= 0.3 is 0 Å². The van der Waals surface area contributed by atoms with Gasteiger partial charge in [0.2, 0.25) is 0 Å². The molecule has 0 unspecified atom stereocenters. The molecular weight excluding hydrogens is 282 g/mol. The average Bonchev–Trinajstić information content (AvgIpc) is 2.54. The predicted octanol–water partition coefficient (Wildman–Crippen LogP) is -0.304. The van der Waals surface area contributed by atoms with Crippen molar-refractivity contribution in [3.63, 3.8) is 0 Å². The van der Waals surface area contributed by atoms with Gasteiger partial charge in [0.1, 0.15) is 6.10 Å². The Morgan fingerprint density at radius 1 is 1.09 bits per heavy atom. The first kappa shape index (κ1) is 15.7. The molecule has 3 rings (SSSR count).